The van der Waals surface area contributed by atoms with Crippen molar-refractivity contribution < 1.29 is 0 Å². The van der Waals surface area contributed by atoms with Gasteiger partial charge in [-0.3, -0.25) is 0 Å². The lowest BCUT2D eigenvalue weighted by molar-refractivity contribution is 0.312. The Labute approximate surface area is 117 Å². The van der Waals surface area contributed by atoms with Gasteiger partial charge in [-0.1, -0.05) is 33.6 Å². The maximum Gasteiger partial charge on any atom is 0.150 e. The molecule has 1 saturated carbocycles. The molecule has 1 N–H and O–H groups in total. The average molecular weight is 264 g/mol. The van der Waals surface area contributed by atoms with Crippen molar-refractivity contribution in [3.05, 3.63) is 11.6 Å². The quantitative estimate of drug-likeness (QED) is 0.823. The Bertz CT molecular complexity index is 379. The highest BCUT2D eigenvalue weighted by Gasteiger charge is 2.25. The van der Waals surface area contributed by atoms with E-state index in [-0.39, 0.29) is 0 Å². The molecule has 4 heteroatoms. The van der Waals surface area contributed by atoms with Gasteiger partial charge in [-0.25, -0.2) is 9.67 Å². The molecule has 108 valence electrons. The summed E-state index contributed by atoms with van der Waals surface area (Å²) in [5.74, 6) is 2.94. The van der Waals surface area contributed by atoms with Crippen LogP contribution in [0.2, 0.25) is 0 Å². The third-order valence-electron chi connectivity index (χ3n) is 4.23. The van der Waals surface area contributed by atoms with Crippen LogP contribution in [0.15, 0.2) is 0 Å². The predicted molar refractivity (Wildman–Crippen MR) is 78.2 cm³/mol. The van der Waals surface area contributed by atoms with E-state index in [1.807, 2.05) is 0 Å². The van der Waals surface area contributed by atoms with Gasteiger partial charge < -0.3 is 5.32 Å². The molecule has 0 aromatic carbocycles. The van der Waals surface area contributed by atoms with E-state index in [0.717, 1.165) is 43.5 Å². The standard InChI is InChI=1S/C15H28N4/c1-4-14-17-15(5-2)19(18-14)11-13(16-6-3)12-9-7-8-10-12/h12-13,16H,4-11H2,1-3H3. The van der Waals surface area contributed by atoms with E-state index in [1.165, 1.54) is 25.7 Å². The summed E-state index contributed by atoms with van der Waals surface area (Å²) in [5.41, 5.74) is 0. The maximum atomic E-state index is 4.66. The molecule has 0 amide bonds. The van der Waals surface area contributed by atoms with E-state index < -0.39 is 0 Å². The molecule has 4 nitrogen and oxygen atoms in total. The van der Waals surface area contributed by atoms with Gasteiger partial charge in [-0.15, -0.1) is 0 Å². The number of aryl methyl sites for hydroxylation is 2. The summed E-state index contributed by atoms with van der Waals surface area (Å²) in [5, 5.41) is 8.32. The minimum Gasteiger partial charge on any atom is -0.312 e. The van der Waals surface area contributed by atoms with Gasteiger partial charge in [0.05, 0.1) is 6.54 Å². The Balaban J connectivity index is 2.08. The molecular weight excluding hydrogens is 236 g/mol. The van der Waals surface area contributed by atoms with Crippen molar-refractivity contribution in [2.24, 2.45) is 5.92 Å². The molecule has 0 saturated heterocycles. The summed E-state index contributed by atoms with van der Waals surface area (Å²) < 4.78 is 2.14. The highest BCUT2D eigenvalue weighted by molar-refractivity contribution is 4.94. The topological polar surface area (TPSA) is 42.7 Å². The van der Waals surface area contributed by atoms with Crippen LogP contribution in [0.1, 0.15) is 58.1 Å². The molecular formula is C15H28N4. The number of nitrogens with one attached hydrogen (secondary N) is 1. The number of hydrogen-bond acceptors (Lipinski definition) is 3. The first kappa shape index (κ1) is 14.5. The van der Waals surface area contributed by atoms with Crippen LogP contribution < -0.4 is 5.32 Å². The second-order valence-corrected chi connectivity index (χ2v) is 5.54. The van der Waals surface area contributed by atoms with Gasteiger partial charge in [0, 0.05) is 18.9 Å². The molecule has 1 aliphatic carbocycles. The third kappa shape index (κ3) is 3.56. The molecule has 0 aliphatic heterocycles. The van der Waals surface area contributed by atoms with E-state index in [1.54, 1.807) is 0 Å². The van der Waals surface area contributed by atoms with E-state index in [9.17, 15) is 0 Å². The van der Waals surface area contributed by atoms with E-state index in [4.69, 9.17) is 0 Å². The number of hydrogen-bond donors (Lipinski definition) is 1. The lowest BCUT2D eigenvalue weighted by Gasteiger charge is -2.24. The Hall–Kier alpha value is -0.900. The van der Waals surface area contributed by atoms with Crippen LogP contribution in [-0.4, -0.2) is 27.4 Å². The average Bonchev–Trinajstić information content (AvgIpc) is 3.07. The van der Waals surface area contributed by atoms with Crippen LogP contribution >= 0.6 is 0 Å². The Morgan fingerprint density at radius 3 is 2.53 bits per heavy atom. The fourth-order valence-electron chi connectivity index (χ4n) is 3.17. The van der Waals surface area contributed by atoms with Crippen molar-refractivity contribution in [1.82, 2.24) is 20.1 Å². The van der Waals surface area contributed by atoms with Crippen molar-refractivity contribution in [2.75, 3.05) is 6.54 Å². The van der Waals surface area contributed by atoms with Gasteiger partial charge in [0.15, 0.2) is 5.82 Å². The van der Waals surface area contributed by atoms with Crippen LogP contribution in [-0.2, 0) is 19.4 Å². The molecule has 0 radical (unpaired) electrons. The van der Waals surface area contributed by atoms with E-state index in [2.05, 4.69) is 40.9 Å². The van der Waals surface area contributed by atoms with Crippen molar-refractivity contribution in [2.45, 2.75) is 71.9 Å². The number of aromatic nitrogens is 3. The normalized spacial score (nSPS) is 18.1. The highest BCUT2D eigenvalue weighted by atomic mass is 15.4. The first-order valence-electron chi connectivity index (χ1n) is 7.94. The van der Waals surface area contributed by atoms with Gasteiger partial charge in [0.1, 0.15) is 5.82 Å². The molecule has 1 atom stereocenters. The molecule has 1 heterocycles. The van der Waals surface area contributed by atoms with E-state index in [0.29, 0.717) is 6.04 Å². The molecule has 0 bridgehead atoms. The second kappa shape index (κ2) is 7.04. The lowest BCUT2D eigenvalue weighted by atomic mass is 9.98. The SMILES string of the molecule is CCNC(Cn1nc(CC)nc1CC)C1CCCC1. The largest absolute Gasteiger partial charge is 0.312 e. The number of rotatable bonds is 7. The zero-order valence-electron chi connectivity index (χ0n) is 12.7. The van der Waals surface area contributed by atoms with Crippen LogP contribution in [0.3, 0.4) is 0 Å². The summed E-state index contributed by atoms with van der Waals surface area (Å²) in [7, 11) is 0. The molecule has 1 aromatic heterocycles. The second-order valence-electron chi connectivity index (χ2n) is 5.54. The Morgan fingerprint density at radius 1 is 1.21 bits per heavy atom. The molecule has 1 aliphatic rings. The highest BCUT2D eigenvalue weighted by Crippen LogP contribution is 2.28. The first-order valence-corrected chi connectivity index (χ1v) is 7.94. The van der Waals surface area contributed by atoms with Crippen molar-refractivity contribution >= 4 is 0 Å². The van der Waals surface area contributed by atoms with Gasteiger partial charge >= 0.3 is 0 Å². The van der Waals surface area contributed by atoms with Crippen molar-refractivity contribution in [3.63, 3.8) is 0 Å². The molecule has 1 unspecified atom stereocenters. The first-order chi connectivity index (χ1) is 9.28. The summed E-state index contributed by atoms with van der Waals surface area (Å²) in [6.45, 7) is 8.50. The number of nitrogens with zero attached hydrogens (tertiary/aromatic N) is 3. The zero-order chi connectivity index (χ0) is 13.7. The fraction of sp³-hybridized carbons (Fsp3) is 0.867. The van der Waals surface area contributed by atoms with Crippen LogP contribution in [0.4, 0.5) is 0 Å². The van der Waals surface area contributed by atoms with Crippen molar-refractivity contribution in [3.8, 4) is 0 Å². The van der Waals surface area contributed by atoms with Crippen molar-refractivity contribution in [1.29, 1.82) is 0 Å². The smallest absolute Gasteiger partial charge is 0.150 e. The Kier molecular flexibility index (Phi) is 5.37. The maximum absolute atomic E-state index is 4.66. The van der Waals surface area contributed by atoms with Gasteiger partial charge in [-0.2, -0.15) is 5.10 Å². The monoisotopic (exact) mass is 264 g/mol. The fourth-order valence-corrected chi connectivity index (χ4v) is 3.17. The predicted octanol–water partition coefficient (Wildman–Crippen LogP) is 2.57. The Morgan fingerprint density at radius 2 is 1.95 bits per heavy atom. The summed E-state index contributed by atoms with van der Waals surface area (Å²) in [4.78, 5) is 4.61. The number of likely N-dealkylation sites (N-methyl/N-ethyl adjacent to an activating group) is 1. The molecule has 2 rings (SSSR count). The molecule has 0 spiro atoms. The van der Waals surface area contributed by atoms with Crippen LogP contribution in [0, 0.1) is 5.92 Å². The van der Waals surface area contributed by atoms with Crippen LogP contribution in [0.25, 0.3) is 0 Å². The molecule has 1 aromatic rings. The minimum atomic E-state index is 0.559. The lowest BCUT2D eigenvalue weighted by Crippen LogP contribution is -2.39. The summed E-state index contributed by atoms with van der Waals surface area (Å²) >= 11 is 0. The summed E-state index contributed by atoms with van der Waals surface area (Å²) in [6, 6.07) is 0.559. The van der Waals surface area contributed by atoms with Gasteiger partial charge in [0.25, 0.3) is 0 Å². The van der Waals surface area contributed by atoms with E-state index >= 15 is 0 Å². The summed E-state index contributed by atoms with van der Waals surface area (Å²) in [6.07, 6.45) is 7.42. The molecule has 1 fully saturated rings. The van der Waals surface area contributed by atoms with Gasteiger partial charge in [0.2, 0.25) is 0 Å². The molecule has 19 heavy (non-hydrogen) atoms. The van der Waals surface area contributed by atoms with Crippen LogP contribution in [0.5, 0.6) is 0 Å². The minimum absolute atomic E-state index is 0.559. The zero-order valence-corrected chi connectivity index (χ0v) is 12.7. The third-order valence-corrected chi connectivity index (χ3v) is 4.23. The van der Waals surface area contributed by atoms with Gasteiger partial charge in [-0.05, 0) is 25.3 Å².